The highest BCUT2D eigenvalue weighted by atomic mass is 19.4. The van der Waals surface area contributed by atoms with Gasteiger partial charge in [0.1, 0.15) is 5.75 Å². The molecule has 0 radical (unpaired) electrons. The summed E-state index contributed by atoms with van der Waals surface area (Å²) in [5.41, 5.74) is 7.19. The van der Waals surface area contributed by atoms with E-state index in [4.69, 9.17) is 10.5 Å². The summed E-state index contributed by atoms with van der Waals surface area (Å²) in [5.74, 6) is 0.193. The van der Waals surface area contributed by atoms with Gasteiger partial charge in [0.05, 0.1) is 0 Å². The third-order valence-electron chi connectivity index (χ3n) is 2.05. The van der Waals surface area contributed by atoms with Crippen LogP contribution in [-0.4, -0.2) is 12.8 Å². The Hall–Kier alpha value is -1.23. The number of rotatable bonds is 3. The van der Waals surface area contributed by atoms with Gasteiger partial charge in [-0.05, 0) is 19.9 Å². The average molecular weight is 233 g/mol. The molecule has 0 spiro atoms. The van der Waals surface area contributed by atoms with Crippen molar-refractivity contribution in [3.63, 3.8) is 0 Å². The number of nitrogens with two attached hydrogens (primary N) is 1. The second-order valence-corrected chi connectivity index (χ2v) is 3.73. The summed E-state index contributed by atoms with van der Waals surface area (Å²) in [6, 6.07) is 4.58. The lowest BCUT2D eigenvalue weighted by Crippen LogP contribution is -2.20. The van der Waals surface area contributed by atoms with Crippen molar-refractivity contribution in [3.05, 3.63) is 29.3 Å². The van der Waals surface area contributed by atoms with Crippen LogP contribution in [0.25, 0.3) is 0 Å². The number of benzene rings is 1. The molecular weight excluding hydrogens is 219 g/mol. The van der Waals surface area contributed by atoms with Crippen LogP contribution >= 0.6 is 0 Å². The van der Waals surface area contributed by atoms with Crippen molar-refractivity contribution in [2.24, 2.45) is 5.73 Å². The van der Waals surface area contributed by atoms with Crippen LogP contribution in [0.1, 0.15) is 24.1 Å². The molecule has 2 nitrogen and oxygen atoms in total. The summed E-state index contributed by atoms with van der Waals surface area (Å²) < 4.78 is 40.7. The van der Waals surface area contributed by atoms with Crippen molar-refractivity contribution in [3.8, 4) is 5.75 Å². The minimum atomic E-state index is -4.33. The Kier molecular flexibility index (Phi) is 3.80. The second-order valence-electron chi connectivity index (χ2n) is 3.73. The van der Waals surface area contributed by atoms with E-state index in [1.807, 2.05) is 6.92 Å². The highest BCUT2D eigenvalue weighted by Gasteiger charge is 2.28. The van der Waals surface area contributed by atoms with Crippen LogP contribution in [-0.2, 0) is 0 Å². The molecule has 1 aromatic rings. The van der Waals surface area contributed by atoms with Crippen molar-refractivity contribution in [1.29, 1.82) is 0 Å². The van der Waals surface area contributed by atoms with Gasteiger partial charge in [-0.15, -0.1) is 0 Å². The number of aryl methyl sites for hydroxylation is 1. The topological polar surface area (TPSA) is 35.2 Å². The Balaban J connectivity index is 2.87. The van der Waals surface area contributed by atoms with Gasteiger partial charge in [0, 0.05) is 11.6 Å². The summed E-state index contributed by atoms with van der Waals surface area (Å²) >= 11 is 0. The van der Waals surface area contributed by atoms with E-state index < -0.39 is 12.8 Å². The van der Waals surface area contributed by atoms with Gasteiger partial charge in [-0.3, -0.25) is 0 Å². The first-order valence-corrected chi connectivity index (χ1v) is 4.85. The quantitative estimate of drug-likeness (QED) is 0.871. The zero-order chi connectivity index (χ0) is 12.3. The molecular formula is C11H14F3NO. The fourth-order valence-electron chi connectivity index (χ4n) is 1.31. The molecule has 0 saturated carbocycles. The van der Waals surface area contributed by atoms with Crippen molar-refractivity contribution >= 4 is 0 Å². The minimum absolute atomic E-state index is 0.193. The lowest BCUT2D eigenvalue weighted by atomic mass is 10.1. The predicted molar refractivity (Wildman–Crippen MR) is 55.3 cm³/mol. The van der Waals surface area contributed by atoms with E-state index in [1.54, 1.807) is 19.1 Å². The van der Waals surface area contributed by atoms with Crippen LogP contribution in [0.2, 0.25) is 0 Å². The molecule has 0 fully saturated rings. The van der Waals surface area contributed by atoms with Crippen molar-refractivity contribution in [2.75, 3.05) is 6.61 Å². The molecule has 0 bridgehead atoms. The molecule has 0 aliphatic carbocycles. The lowest BCUT2D eigenvalue weighted by Gasteiger charge is -2.15. The summed E-state index contributed by atoms with van der Waals surface area (Å²) in [5, 5.41) is 0. The Labute approximate surface area is 92.2 Å². The molecule has 1 atom stereocenters. The van der Waals surface area contributed by atoms with E-state index in [2.05, 4.69) is 0 Å². The van der Waals surface area contributed by atoms with Crippen LogP contribution < -0.4 is 10.5 Å². The fraction of sp³-hybridized carbons (Fsp3) is 0.455. The normalized spacial score (nSPS) is 13.6. The predicted octanol–water partition coefficient (Wildman–Crippen LogP) is 2.96. The maximum absolute atomic E-state index is 12.0. The van der Waals surface area contributed by atoms with Gasteiger partial charge in [-0.1, -0.05) is 17.7 Å². The van der Waals surface area contributed by atoms with Crippen LogP contribution in [0.5, 0.6) is 5.75 Å². The maximum atomic E-state index is 12.0. The van der Waals surface area contributed by atoms with E-state index in [-0.39, 0.29) is 11.8 Å². The van der Waals surface area contributed by atoms with E-state index >= 15 is 0 Å². The first kappa shape index (κ1) is 12.8. The van der Waals surface area contributed by atoms with E-state index in [0.717, 1.165) is 5.56 Å². The minimum Gasteiger partial charge on any atom is -0.484 e. The largest absolute Gasteiger partial charge is 0.484 e. The van der Waals surface area contributed by atoms with Crippen molar-refractivity contribution < 1.29 is 17.9 Å². The molecule has 1 aromatic carbocycles. The van der Waals surface area contributed by atoms with Crippen LogP contribution in [0, 0.1) is 6.92 Å². The van der Waals surface area contributed by atoms with Crippen molar-refractivity contribution in [1.82, 2.24) is 0 Å². The second kappa shape index (κ2) is 4.74. The highest BCUT2D eigenvalue weighted by molar-refractivity contribution is 5.38. The Morgan fingerprint density at radius 2 is 2.00 bits per heavy atom. The van der Waals surface area contributed by atoms with Crippen LogP contribution in [0.4, 0.5) is 13.2 Å². The van der Waals surface area contributed by atoms with Crippen molar-refractivity contribution in [2.45, 2.75) is 26.1 Å². The highest BCUT2D eigenvalue weighted by Crippen LogP contribution is 2.26. The SMILES string of the molecule is Cc1ccc(OCC(F)(F)F)c(C(C)N)c1. The monoisotopic (exact) mass is 233 g/mol. The number of ether oxygens (including phenoxy) is 1. The summed E-state index contributed by atoms with van der Waals surface area (Å²) in [4.78, 5) is 0. The molecule has 5 heteroatoms. The smallest absolute Gasteiger partial charge is 0.422 e. The Morgan fingerprint density at radius 3 is 2.50 bits per heavy atom. The molecule has 0 heterocycles. The third kappa shape index (κ3) is 3.73. The van der Waals surface area contributed by atoms with E-state index in [9.17, 15) is 13.2 Å². The summed E-state index contributed by atoms with van der Waals surface area (Å²) in [6.45, 7) is 2.25. The third-order valence-corrected chi connectivity index (χ3v) is 2.05. The van der Waals surface area contributed by atoms with E-state index in [1.165, 1.54) is 6.07 Å². The Bertz CT molecular complexity index is 361. The molecule has 0 amide bonds. The molecule has 1 unspecified atom stereocenters. The first-order chi connectivity index (χ1) is 7.29. The average Bonchev–Trinajstić information content (AvgIpc) is 2.14. The molecule has 1 rings (SSSR count). The number of alkyl halides is 3. The zero-order valence-corrected chi connectivity index (χ0v) is 9.14. The molecule has 0 aliphatic rings. The molecule has 16 heavy (non-hydrogen) atoms. The number of hydrogen-bond donors (Lipinski definition) is 1. The maximum Gasteiger partial charge on any atom is 0.422 e. The van der Waals surface area contributed by atoms with E-state index in [0.29, 0.717) is 5.56 Å². The van der Waals surface area contributed by atoms with Gasteiger partial charge in [-0.25, -0.2) is 0 Å². The van der Waals surface area contributed by atoms with Gasteiger partial charge in [0.15, 0.2) is 6.61 Å². The van der Waals surface area contributed by atoms with Gasteiger partial charge >= 0.3 is 6.18 Å². The molecule has 0 aromatic heterocycles. The lowest BCUT2D eigenvalue weighted by molar-refractivity contribution is -0.153. The standard InChI is InChI=1S/C11H14F3NO/c1-7-3-4-10(9(5-7)8(2)15)16-6-11(12,13)14/h3-5,8H,6,15H2,1-2H3. The fourth-order valence-corrected chi connectivity index (χ4v) is 1.31. The number of halogens is 3. The molecule has 2 N–H and O–H groups in total. The summed E-state index contributed by atoms with van der Waals surface area (Å²) in [7, 11) is 0. The first-order valence-electron chi connectivity index (χ1n) is 4.85. The Morgan fingerprint density at radius 1 is 1.38 bits per heavy atom. The van der Waals surface area contributed by atoms with Gasteiger partial charge in [-0.2, -0.15) is 13.2 Å². The summed E-state index contributed by atoms with van der Waals surface area (Å²) in [6.07, 6.45) is -4.33. The van der Waals surface area contributed by atoms with Crippen LogP contribution in [0.15, 0.2) is 18.2 Å². The van der Waals surface area contributed by atoms with Gasteiger partial charge < -0.3 is 10.5 Å². The molecule has 0 aliphatic heterocycles. The zero-order valence-electron chi connectivity index (χ0n) is 9.14. The van der Waals surface area contributed by atoms with Gasteiger partial charge in [0.2, 0.25) is 0 Å². The number of hydrogen-bond acceptors (Lipinski definition) is 2. The van der Waals surface area contributed by atoms with Gasteiger partial charge in [0.25, 0.3) is 0 Å². The molecule has 0 saturated heterocycles. The molecule has 90 valence electrons. The van der Waals surface area contributed by atoms with Crippen LogP contribution in [0.3, 0.4) is 0 Å².